The lowest BCUT2D eigenvalue weighted by molar-refractivity contribution is -0.0757. The third-order valence-corrected chi connectivity index (χ3v) is 7.18. The lowest BCUT2D eigenvalue weighted by atomic mass is 10.2. The van der Waals surface area contributed by atoms with Gasteiger partial charge in [0.15, 0.2) is 0 Å². The quantitative estimate of drug-likeness (QED) is 0.144. The highest BCUT2D eigenvalue weighted by molar-refractivity contribution is 6.32. The van der Waals surface area contributed by atoms with E-state index in [1.807, 2.05) is 74.5 Å². The fourth-order valence-electron chi connectivity index (χ4n) is 3.88. The predicted octanol–water partition coefficient (Wildman–Crippen LogP) is 6.34. The maximum absolute atomic E-state index is 10.4. The summed E-state index contributed by atoms with van der Waals surface area (Å²) in [5.41, 5.74) is 5.10. The van der Waals surface area contributed by atoms with Crippen molar-refractivity contribution in [3.8, 4) is 0 Å². The number of rotatable bonds is 13. The van der Waals surface area contributed by atoms with E-state index in [1.54, 1.807) is 12.4 Å². The summed E-state index contributed by atoms with van der Waals surface area (Å²) in [5.74, 6) is 1.25. The highest BCUT2D eigenvalue weighted by Gasteiger charge is 2.18. The Morgan fingerprint density at radius 1 is 0.675 bits per heavy atom. The fourth-order valence-corrected chi connectivity index (χ4v) is 4.23. The molecule has 0 amide bonds. The van der Waals surface area contributed by atoms with E-state index in [2.05, 4.69) is 20.6 Å². The molecule has 210 valence electrons. The first kappa shape index (κ1) is 29.7. The molecule has 4 aromatic rings. The van der Waals surface area contributed by atoms with Gasteiger partial charge in [0.25, 0.3) is 0 Å². The zero-order valence-electron chi connectivity index (χ0n) is 22.3. The second kappa shape index (κ2) is 14.4. The molecule has 0 bridgehead atoms. The fraction of sp³-hybridized carbons (Fsp3) is 0.267. The molecular weight excluding hydrogens is 551 g/mol. The van der Waals surface area contributed by atoms with E-state index in [-0.39, 0.29) is 26.4 Å². The van der Waals surface area contributed by atoms with Gasteiger partial charge in [0, 0.05) is 44.9 Å². The van der Waals surface area contributed by atoms with E-state index in [0.717, 1.165) is 33.6 Å². The van der Waals surface area contributed by atoms with Crippen molar-refractivity contribution in [2.24, 2.45) is 0 Å². The van der Waals surface area contributed by atoms with Crippen LogP contribution in [-0.2, 0) is 22.7 Å². The van der Waals surface area contributed by atoms with Gasteiger partial charge in [-0.25, -0.2) is 9.97 Å². The highest BCUT2D eigenvalue weighted by atomic mass is 35.5. The van der Waals surface area contributed by atoms with Crippen molar-refractivity contribution in [3.63, 3.8) is 0 Å². The Morgan fingerprint density at radius 2 is 1.10 bits per heavy atom. The van der Waals surface area contributed by atoms with Crippen molar-refractivity contribution in [1.29, 1.82) is 0 Å². The minimum absolute atomic E-state index is 0.0806. The summed E-state index contributed by atoms with van der Waals surface area (Å²) in [6, 6.07) is 18.6. The molecule has 0 saturated carbocycles. The van der Waals surface area contributed by atoms with E-state index in [1.165, 1.54) is 0 Å². The van der Waals surface area contributed by atoms with Gasteiger partial charge in [-0.05, 0) is 61.4 Å². The van der Waals surface area contributed by atoms with E-state index in [9.17, 15) is 10.2 Å². The first-order valence-corrected chi connectivity index (χ1v) is 13.5. The molecule has 0 aliphatic carbocycles. The summed E-state index contributed by atoms with van der Waals surface area (Å²) in [4.78, 5) is 8.81. The Morgan fingerprint density at radius 3 is 1.52 bits per heavy atom. The molecule has 0 saturated heterocycles. The van der Waals surface area contributed by atoms with Crippen LogP contribution >= 0.6 is 23.2 Å². The number of ether oxygens (including phenoxy) is 2. The van der Waals surface area contributed by atoms with Gasteiger partial charge in [0.2, 0.25) is 0 Å². The number of hydrogen-bond donors (Lipinski definition) is 4. The molecule has 8 nitrogen and oxygen atoms in total. The summed E-state index contributed by atoms with van der Waals surface area (Å²) in [6.07, 6.45) is 1.09. The van der Waals surface area contributed by atoms with Crippen LogP contribution in [0.2, 0.25) is 10.0 Å². The maximum atomic E-state index is 10.4. The first-order chi connectivity index (χ1) is 19.3. The number of nitrogens with zero attached hydrogens (tertiary/aromatic N) is 2. The largest absolute Gasteiger partial charge is 0.388 e. The molecule has 4 N–H and O–H groups in total. The monoisotopic (exact) mass is 582 g/mol. The van der Waals surface area contributed by atoms with Gasteiger partial charge in [-0.3, -0.25) is 0 Å². The molecule has 0 spiro atoms. The number of aliphatic hydroxyl groups is 2. The average Bonchev–Trinajstić information content (AvgIpc) is 2.95. The van der Waals surface area contributed by atoms with Gasteiger partial charge < -0.3 is 30.3 Å². The van der Waals surface area contributed by atoms with E-state index >= 15 is 0 Å². The second-order valence-corrected chi connectivity index (χ2v) is 10.1. The molecule has 4 rings (SSSR count). The van der Waals surface area contributed by atoms with E-state index < -0.39 is 12.2 Å². The third kappa shape index (κ3) is 7.91. The predicted molar refractivity (Wildman–Crippen MR) is 159 cm³/mol. The van der Waals surface area contributed by atoms with Crippen molar-refractivity contribution < 1.29 is 19.7 Å². The minimum atomic E-state index is -1.14. The highest BCUT2D eigenvalue weighted by Crippen LogP contribution is 2.28. The van der Waals surface area contributed by atoms with Crippen molar-refractivity contribution >= 4 is 46.2 Å². The smallest absolute Gasteiger partial charge is 0.135 e. The van der Waals surface area contributed by atoms with Gasteiger partial charge in [0.05, 0.1) is 26.4 Å². The van der Waals surface area contributed by atoms with Crippen LogP contribution in [0.3, 0.4) is 0 Å². The maximum Gasteiger partial charge on any atom is 0.135 e. The SMILES string of the molecule is Cc1c(Cl)cccc1Nc1ncccc1COCC(O)C(O)COCc1cccnc1Nc1cccc(Cl)c1C. The summed E-state index contributed by atoms with van der Waals surface area (Å²) >= 11 is 12.5. The standard InChI is InChI=1S/C30H32Cl2N4O4/c1-19-23(31)9-3-11-25(19)35-29-21(7-5-13-33-29)15-39-17-27(37)28(38)18-40-16-22-8-6-14-34-30(22)36-26-12-4-10-24(32)20(26)2/h3-14,27-28,37-38H,15-18H2,1-2H3,(H,33,35)(H,34,36). The Kier molecular flexibility index (Phi) is 10.7. The van der Waals surface area contributed by atoms with Crippen LogP contribution < -0.4 is 10.6 Å². The molecule has 2 unspecified atom stereocenters. The Balaban J connectivity index is 1.26. The topological polar surface area (TPSA) is 109 Å². The summed E-state index contributed by atoms with van der Waals surface area (Å²) in [7, 11) is 0. The zero-order chi connectivity index (χ0) is 28.5. The third-order valence-electron chi connectivity index (χ3n) is 6.36. The van der Waals surface area contributed by atoms with E-state index in [4.69, 9.17) is 32.7 Å². The number of aromatic nitrogens is 2. The number of nitrogens with one attached hydrogen (secondary N) is 2. The summed E-state index contributed by atoms with van der Waals surface area (Å²) in [6.45, 7) is 4.07. The molecule has 10 heteroatoms. The van der Waals surface area contributed by atoms with Crippen molar-refractivity contribution in [2.75, 3.05) is 23.8 Å². The van der Waals surface area contributed by atoms with Crippen LogP contribution in [0.4, 0.5) is 23.0 Å². The number of pyridine rings is 2. The van der Waals surface area contributed by atoms with E-state index in [0.29, 0.717) is 21.7 Å². The lowest BCUT2D eigenvalue weighted by Crippen LogP contribution is -2.34. The Hall–Kier alpha value is -3.24. The molecule has 2 aromatic heterocycles. The molecule has 0 aliphatic rings. The van der Waals surface area contributed by atoms with Crippen molar-refractivity contribution in [3.05, 3.63) is 105 Å². The number of aliphatic hydroxyl groups excluding tert-OH is 2. The van der Waals surface area contributed by atoms with Crippen LogP contribution in [0.1, 0.15) is 22.3 Å². The van der Waals surface area contributed by atoms with Gasteiger partial charge in [-0.1, -0.05) is 47.5 Å². The lowest BCUT2D eigenvalue weighted by Gasteiger charge is -2.19. The molecular formula is C30H32Cl2N4O4. The van der Waals surface area contributed by atoms with Crippen LogP contribution in [0.25, 0.3) is 0 Å². The van der Waals surface area contributed by atoms with Crippen molar-refractivity contribution in [2.45, 2.75) is 39.3 Å². The summed E-state index contributed by atoms with van der Waals surface area (Å²) < 4.78 is 11.4. The molecule has 2 heterocycles. The van der Waals surface area contributed by atoms with Crippen LogP contribution in [-0.4, -0.2) is 45.6 Å². The number of hydrogen-bond acceptors (Lipinski definition) is 8. The normalized spacial score (nSPS) is 12.7. The van der Waals surface area contributed by atoms with Crippen molar-refractivity contribution in [1.82, 2.24) is 9.97 Å². The molecule has 0 radical (unpaired) electrons. The Bertz CT molecular complexity index is 1320. The van der Waals surface area contributed by atoms with Gasteiger partial charge in [0.1, 0.15) is 23.8 Å². The number of anilines is 4. The van der Waals surface area contributed by atoms with Crippen LogP contribution in [0.15, 0.2) is 73.1 Å². The molecule has 0 fully saturated rings. The van der Waals surface area contributed by atoms with Crippen LogP contribution in [0, 0.1) is 13.8 Å². The number of halogens is 2. The average molecular weight is 584 g/mol. The Labute approximate surface area is 243 Å². The molecule has 0 aliphatic heterocycles. The molecule has 40 heavy (non-hydrogen) atoms. The van der Waals surface area contributed by atoms with Gasteiger partial charge in [-0.2, -0.15) is 0 Å². The first-order valence-electron chi connectivity index (χ1n) is 12.8. The summed E-state index contributed by atoms with van der Waals surface area (Å²) in [5, 5.41) is 28.8. The van der Waals surface area contributed by atoms with Crippen LogP contribution in [0.5, 0.6) is 0 Å². The zero-order valence-corrected chi connectivity index (χ0v) is 23.8. The molecule has 2 atom stereocenters. The molecule has 2 aromatic carbocycles. The number of benzene rings is 2. The minimum Gasteiger partial charge on any atom is -0.388 e. The van der Waals surface area contributed by atoms with Gasteiger partial charge in [-0.15, -0.1) is 0 Å². The van der Waals surface area contributed by atoms with Gasteiger partial charge >= 0.3 is 0 Å². The second-order valence-electron chi connectivity index (χ2n) is 9.26.